The lowest BCUT2D eigenvalue weighted by atomic mass is 9.94. The third-order valence-electron chi connectivity index (χ3n) is 6.83. The first-order valence-electron chi connectivity index (χ1n) is 12.5. The van der Waals surface area contributed by atoms with E-state index in [0.717, 1.165) is 24.1 Å². The Morgan fingerprint density at radius 2 is 1.95 bits per heavy atom. The van der Waals surface area contributed by atoms with E-state index < -0.39 is 5.60 Å². The molecule has 0 aliphatic carbocycles. The molecule has 37 heavy (non-hydrogen) atoms. The summed E-state index contributed by atoms with van der Waals surface area (Å²) < 4.78 is 16.6. The first kappa shape index (κ1) is 25.1. The number of rotatable bonds is 8. The SMILES string of the molecule is CC(C)(CN)CNc1nc(Nc2ccc3c(c2)C(C)(C)OC3=O)ncc1-c1nc(C2CCOCC2)no1. The van der Waals surface area contributed by atoms with Gasteiger partial charge in [0.05, 0.1) is 5.56 Å². The van der Waals surface area contributed by atoms with Crippen molar-refractivity contribution in [1.82, 2.24) is 20.1 Å². The number of anilines is 3. The zero-order valence-electron chi connectivity index (χ0n) is 21.6. The van der Waals surface area contributed by atoms with Gasteiger partial charge in [-0.15, -0.1) is 0 Å². The molecule has 4 N–H and O–H groups in total. The number of nitrogens with two attached hydrogens (primary N) is 1. The van der Waals surface area contributed by atoms with E-state index in [1.807, 2.05) is 26.0 Å². The van der Waals surface area contributed by atoms with Crippen LogP contribution in [0.4, 0.5) is 17.5 Å². The number of carbonyl (C=O) groups excluding carboxylic acids is 1. The van der Waals surface area contributed by atoms with Crippen LogP contribution < -0.4 is 16.4 Å². The monoisotopic (exact) mass is 507 g/mol. The van der Waals surface area contributed by atoms with Gasteiger partial charge in [-0.25, -0.2) is 9.78 Å². The average Bonchev–Trinajstić information content (AvgIpc) is 3.46. The van der Waals surface area contributed by atoms with Crippen molar-refractivity contribution in [2.45, 2.75) is 52.1 Å². The topological polar surface area (TPSA) is 150 Å². The molecule has 5 rings (SSSR count). The molecule has 1 fully saturated rings. The summed E-state index contributed by atoms with van der Waals surface area (Å²) in [5.41, 5.74) is 7.82. The quantitative estimate of drug-likeness (QED) is 0.380. The van der Waals surface area contributed by atoms with Crippen molar-refractivity contribution in [3.8, 4) is 11.5 Å². The molecule has 2 aromatic heterocycles. The summed E-state index contributed by atoms with van der Waals surface area (Å²) >= 11 is 0. The van der Waals surface area contributed by atoms with Crippen molar-refractivity contribution in [3.05, 3.63) is 41.3 Å². The fraction of sp³-hybridized carbons (Fsp3) is 0.500. The summed E-state index contributed by atoms with van der Waals surface area (Å²) in [4.78, 5) is 26.0. The highest BCUT2D eigenvalue weighted by molar-refractivity contribution is 5.95. The van der Waals surface area contributed by atoms with Gasteiger partial charge in [0, 0.05) is 43.1 Å². The molecule has 0 amide bonds. The predicted molar refractivity (Wildman–Crippen MR) is 138 cm³/mol. The smallest absolute Gasteiger partial charge is 0.339 e. The van der Waals surface area contributed by atoms with Gasteiger partial charge in [0.1, 0.15) is 17.0 Å². The highest BCUT2D eigenvalue weighted by atomic mass is 16.6. The zero-order chi connectivity index (χ0) is 26.2. The van der Waals surface area contributed by atoms with Crippen molar-refractivity contribution in [1.29, 1.82) is 0 Å². The Morgan fingerprint density at radius 1 is 1.16 bits per heavy atom. The number of aromatic nitrogens is 4. The second-order valence-corrected chi connectivity index (χ2v) is 10.8. The second kappa shape index (κ2) is 9.71. The number of carbonyl (C=O) groups is 1. The van der Waals surface area contributed by atoms with Crippen LogP contribution in [0.3, 0.4) is 0 Å². The zero-order valence-corrected chi connectivity index (χ0v) is 21.6. The number of cyclic esters (lactones) is 1. The number of esters is 1. The number of ether oxygens (including phenoxy) is 2. The van der Waals surface area contributed by atoms with E-state index in [9.17, 15) is 4.79 Å². The van der Waals surface area contributed by atoms with Crippen LogP contribution in [0.15, 0.2) is 28.9 Å². The second-order valence-electron chi connectivity index (χ2n) is 10.8. The summed E-state index contributed by atoms with van der Waals surface area (Å²) in [5.74, 6) is 1.86. The number of hydrogen-bond acceptors (Lipinski definition) is 11. The van der Waals surface area contributed by atoms with Gasteiger partial charge in [0.2, 0.25) is 5.95 Å². The van der Waals surface area contributed by atoms with Gasteiger partial charge in [-0.05, 0) is 56.8 Å². The number of fused-ring (bicyclic) bond motifs is 1. The lowest BCUT2D eigenvalue weighted by Gasteiger charge is -2.23. The van der Waals surface area contributed by atoms with Crippen LogP contribution in [-0.2, 0) is 15.1 Å². The van der Waals surface area contributed by atoms with Crippen LogP contribution in [0.5, 0.6) is 0 Å². The Morgan fingerprint density at radius 3 is 2.70 bits per heavy atom. The van der Waals surface area contributed by atoms with Crippen LogP contribution in [0.1, 0.15) is 68.2 Å². The molecule has 1 aromatic carbocycles. The van der Waals surface area contributed by atoms with Gasteiger partial charge in [-0.2, -0.15) is 9.97 Å². The maximum absolute atomic E-state index is 12.1. The van der Waals surface area contributed by atoms with Gasteiger partial charge in [-0.1, -0.05) is 19.0 Å². The van der Waals surface area contributed by atoms with Gasteiger partial charge < -0.3 is 30.4 Å². The molecule has 0 spiro atoms. The van der Waals surface area contributed by atoms with E-state index in [1.165, 1.54) is 0 Å². The van der Waals surface area contributed by atoms with Crippen LogP contribution in [-0.4, -0.2) is 52.4 Å². The van der Waals surface area contributed by atoms with Gasteiger partial charge in [0.25, 0.3) is 5.89 Å². The Hall–Kier alpha value is -3.57. The minimum Gasteiger partial charge on any atom is -0.451 e. The minimum absolute atomic E-state index is 0.157. The largest absolute Gasteiger partial charge is 0.451 e. The third-order valence-corrected chi connectivity index (χ3v) is 6.83. The number of benzene rings is 1. The molecule has 2 aliphatic heterocycles. The van der Waals surface area contributed by atoms with E-state index in [4.69, 9.17) is 24.7 Å². The maximum atomic E-state index is 12.1. The molecule has 0 radical (unpaired) electrons. The summed E-state index contributed by atoms with van der Waals surface area (Å²) in [5, 5.41) is 10.9. The highest BCUT2D eigenvalue weighted by Crippen LogP contribution is 2.38. The summed E-state index contributed by atoms with van der Waals surface area (Å²) in [6.07, 6.45) is 3.39. The molecular formula is C26H33N7O4. The van der Waals surface area contributed by atoms with E-state index in [0.29, 0.717) is 60.9 Å². The molecule has 4 heterocycles. The van der Waals surface area contributed by atoms with Crippen LogP contribution in [0.25, 0.3) is 11.5 Å². The van der Waals surface area contributed by atoms with Crippen molar-refractivity contribution in [2.24, 2.45) is 11.1 Å². The Bertz CT molecular complexity index is 1300. The Kier molecular flexibility index (Phi) is 6.59. The van der Waals surface area contributed by atoms with Gasteiger partial charge in [0.15, 0.2) is 5.82 Å². The molecule has 1 saturated heterocycles. The molecule has 11 heteroatoms. The molecule has 0 saturated carbocycles. The van der Waals surface area contributed by atoms with Crippen molar-refractivity contribution < 1.29 is 18.8 Å². The van der Waals surface area contributed by atoms with E-state index in [2.05, 4.69) is 39.6 Å². The molecule has 3 aromatic rings. The molecule has 11 nitrogen and oxygen atoms in total. The van der Waals surface area contributed by atoms with E-state index in [1.54, 1.807) is 12.3 Å². The molecule has 0 atom stereocenters. The van der Waals surface area contributed by atoms with Crippen molar-refractivity contribution >= 4 is 23.4 Å². The minimum atomic E-state index is -0.699. The summed E-state index contributed by atoms with van der Waals surface area (Å²) in [6, 6.07) is 5.45. The standard InChI is InChI=1S/C26H33N7O4/c1-25(2,13-27)14-29-21-18(22-31-20(33-37-22)15-7-9-35-10-8-15)12-28-24(32-21)30-16-5-6-17-19(11-16)26(3,4)36-23(17)34/h5-6,11-12,15H,7-10,13-14,27H2,1-4H3,(H2,28,29,30,32). The summed E-state index contributed by atoms with van der Waals surface area (Å²) in [6.45, 7) is 10.4. The van der Waals surface area contributed by atoms with Gasteiger partial charge in [-0.3, -0.25) is 0 Å². The third kappa shape index (κ3) is 5.28. The van der Waals surface area contributed by atoms with E-state index >= 15 is 0 Å². The average molecular weight is 508 g/mol. The van der Waals surface area contributed by atoms with Crippen LogP contribution in [0.2, 0.25) is 0 Å². The number of nitrogens with one attached hydrogen (secondary N) is 2. The molecular weight excluding hydrogens is 474 g/mol. The van der Waals surface area contributed by atoms with Crippen LogP contribution >= 0.6 is 0 Å². The van der Waals surface area contributed by atoms with E-state index in [-0.39, 0.29) is 17.3 Å². The fourth-order valence-electron chi connectivity index (χ4n) is 4.36. The molecule has 0 bridgehead atoms. The Labute approximate surface area is 215 Å². The first-order valence-corrected chi connectivity index (χ1v) is 12.5. The van der Waals surface area contributed by atoms with Crippen LogP contribution in [0, 0.1) is 5.41 Å². The Balaban J connectivity index is 1.44. The fourth-order valence-corrected chi connectivity index (χ4v) is 4.36. The molecule has 2 aliphatic rings. The molecule has 196 valence electrons. The number of nitrogens with zero attached hydrogens (tertiary/aromatic N) is 4. The normalized spacial score (nSPS) is 17.4. The van der Waals surface area contributed by atoms with Crippen molar-refractivity contribution in [2.75, 3.05) is 36.9 Å². The van der Waals surface area contributed by atoms with Crippen molar-refractivity contribution in [3.63, 3.8) is 0 Å². The molecule has 0 unspecified atom stereocenters. The predicted octanol–water partition coefficient (Wildman–Crippen LogP) is 3.97. The number of hydrogen-bond donors (Lipinski definition) is 3. The lowest BCUT2D eigenvalue weighted by Crippen LogP contribution is -2.31. The van der Waals surface area contributed by atoms with Gasteiger partial charge >= 0.3 is 5.97 Å². The highest BCUT2D eigenvalue weighted by Gasteiger charge is 2.37. The first-order chi connectivity index (χ1) is 17.6. The lowest BCUT2D eigenvalue weighted by molar-refractivity contribution is 0.00954. The maximum Gasteiger partial charge on any atom is 0.339 e. The summed E-state index contributed by atoms with van der Waals surface area (Å²) in [7, 11) is 0.